The predicted octanol–water partition coefficient (Wildman–Crippen LogP) is 3.87. The van der Waals surface area contributed by atoms with E-state index in [-0.39, 0.29) is 5.91 Å². The maximum Gasteiger partial charge on any atom is 0.226 e. The Labute approximate surface area is 124 Å². The Morgan fingerprint density at radius 3 is 3.00 bits per heavy atom. The van der Waals surface area contributed by atoms with Gasteiger partial charge in [0.15, 0.2) is 5.82 Å². The van der Waals surface area contributed by atoms with Gasteiger partial charge in [-0.05, 0) is 25.1 Å². The third-order valence-corrected chi connectivity index (χ3v) is 3.78. The van der Waals surface area contributed by atoms with E-state index in [1.807, 2.05) is 24.3 Å². The Morgan fingerprint density at radius 1 is 1.47 bits per heavy atom. The number of thioether (sulfide) groups is 1. The van der Waals surface area contributed by atoms with E-state index in [1.54, 1.807) is 24.8 Å². The molecule has 100 valence electrons. The molecule has 0 aliphatic carbocycles. The largest absolute Gasteiger partial charge is 0.360 e. The zero-order chi connectivity index (χ0) is 13.7. The number of hydrogen-bond acceptors (Lipinski definition) is 4. The molecule has 2 aromatic rings. The lowest BCUT2D eigenvalue weighted by Crippen LogP contribution is -2.12. The van der Waals surface area contributed by atoms with Crippen LogP contribution in [0.5, 0.6) is 0 Å². The van der Waals surface area contributed by atoms with Crippen molar-refractivity contribution in [3.05, 3.63) is 40.6 Å². The maximum absolute atomic E-state index is 11.7. The number of rotatable bonds is 5. The van der Waals surface area contributed by atoms with Crippen molar-refractivity contribution in [2.24, 2.45) is 0 Å². The van der Waals surface area contributed by atoms with Crippen LogP contribution in [0, 0.1) is 6.92 Å². The van der Waals surface area contributed by atoms with Gasteiger partial charge in [0.1, 0.15) is 5.76 Å². The van der Waals surface area contributed by atoms with Gasteiger partial charge in [-0.2, -0.15) is 0 Å². The molecule has 19 heavy (non-hydrogen) atoms. The lowest BCUT2D eigenvalue weighted by Gasteiger charge is -2.02. The van der Waals surface area contributed by atoms with Crippen molar-refractivity contribution in [3.8, 4) is 0 Å². The number of aromatic nitrogens is 1. The molecule has 4 nitrogen and oxygen atoms in total. The standard InChI is InChI=1S/C13H13BrN2O2S/c1-9-7-12(16-18-9)15-13(17)5-6-19-11-4-2-3-10(14)8-11/h2-4,7-8H,5-6H2,1H3,(H,15,16,17). The van der Waals surface area contributed by atoms with E-state index in [0.29, 0.717) is 18.0 Å². The zero-order valence-electron chi connectivity index (χ0n) is 10.4. The van der Waals surface area contributed by atoms with E-state index >= 15 is 0 Å². The van der Waals surface area contributed by atoms with Crippen LogP contribution in [0.25, 0.3) is 0 Å². The number of hydrogen-bond donors (Lipinski definition) is 1. The fourth-order valence-electron chi connectivity index (χ4n) is 1.45. The molecule has 0 saturated carbocycles. The highest BCUT2D eigenvalue weighted by atomic mass is 79.9. The molecule has 0 saturated heterocycles. The molecule has 0 unspecified atom stereocenters. The lowest BCUT2D eigenvalue weighted by atomic mass is 10.4. The smallest absolute Gasteiger partial charge is 0.226 e. The average molecular weight is 341 g/mol. The molecule has 0 aliphatic rings. The summed E-state index contributed by atoms with van der Waals surface area (Å²) >= 11 is 5.06. The van der Waals surface area contributed by atoms with Gasteiger partial charge in [-0.1, -0.05) is 27.2 Å². The molecule has 1 aromatic carbocycles. The molecular weight excluding hydrogens is 328 g/mol. The van der Waals surface area contributed by atoms with Crippen molar-refractivity contribution in [3.63, 3.8) is 0 Å². The third-order valence-electron chi connectivity index (χ3n) is 2.29. The lowest BCUT2D eigenvalue weighted by molar-refractivity contribution is -0.115. The van der Waals surface area contributed by atoms with E-state index in [1.165, 1.54) is 0 Å². The fourth-order valence-corrected chi connectivity index (χ4v) is 2.91. The van der Waals surface area contributed by atoms with Crippen LogP contribution in [0.1, 0.15) is 12.2 Å². The average Bonchev–Trinajstić information content (AvgIpc) is 2.75. The number of aryl methyl sites for hydroxylation is 1. The summed E-state index contributed by atoms with van der Waals surface area (Å²) < 4.78 is 5.92. The number of halogens is 1. The molecule has 0 aliphatic heterocycles. The molecule has 0 fully saturated rings. The van der Waals surface area contributed by atoms with Crippen molar-refractivity contribution in [2.75, 3.05) is 11.1 Å². The summed E-state index contributed by atoms with van der Waals surface area (Å²) in [5.41, 5.74) is 0. The molecule has 2 rings (SSSR count). The Kier molecular flexibility index (Phi) is 5.04. The summed E-state index contributed by atoms with van der Waals surface area (Å²) in [5.74, 6) is 1.81. The SMILES string of the molecule is Cc1cc(NC(=O)CCSc2cccc(Br)c2)no1. The van der Waals surface area contributed by atoms with Crippen molar-refractivity contribution in [2.45, 2.75) is 18.2 Å². The first-order valence-corrected chi connectivity index (χ1v) is 7.53. The summed E-state index contributed by atoms with van der Waals surface area (Å²) in [6, 6.07) is 9.70. The number of benzene rings is 1. The molecule has 0 radical (unpaired) electrons. The minimum absolute atomic E-state index is 0.0594. The van der Waals surface area contributed by atoms with Gasteiger partial charge in [0.25, 0.3) is 0 Å². The van der Waals surface area contributed by atoms with Gasteiger partial charge in [-0.15, -0.1) is 11.8 Å². The third kappa shape index (κ3) is 4.72. The molecule has 1 aromatic heterocycles. The van der Waals surface area contributed by atoms with Crippen LogP contribution in [0.2, 0.25) is 0 Å². The monoisotopic (exact) mass is 340 g/mol. The highest BCUT2D eigenvalue weighted by Gasteiger charge is 2.06. The van der Waals surface area contributed by atoms with Gasteiger partial charge in [0.2, 0.25) is 5.91 Å². The normalized spacial score (nSPS) is 10.4. The summed E-state index contributed by atoms with van der Waals surface area (Å²) in [6.07, 6.45) is 0.434. The second-order valence-corrected chi connectivity index (χ2v) is 6.01. The summed E-state index contributed by atoms with van der Waals surface area (Å²) in [4.78, 5) is 12.8. The van der Waals surface area contributed by atoms with Gasteiger partial charge in [0, 0.05) is 27.6 Å². The van der Waals surface area contributed by atoms with E-state index in [2.05, 4.69) is 26.4 Å². The van der Waals surface area contributed by atoms with E-state index in [9.17, 15) is 4.79 Å². The minimum Gasteiger partial charge on any atom is -0.360 e. The van der Waals surface area contributed by atoms with Crippen LogP contribution in [0.4, 0.5) is 5.82 Å². The Balaban J connectivity index is 1.75. The van der Waals surface area contributed by atoms with E-state index in [0.717, 1.165) is 15.1 Å². The maximum atomic E-state index is 11.7. The fraction of sp³-hybridized carbons (Fsp3) is 0.231. The highest BCUT2D eigenvalue weighted by Crippen LogP contribution is 2.22. The second kappa shape index (κ2) is 6.77. The molecular formula is C13H13BrN2O2S. The van der Waals surface area contributed by atoms with Crippen molar-refractivity contribution in [1.82, 2.24) is 5.16 Å². The van der Waals surface area contributed by atoms with Crippen molar-refractivity contribution < 1.29 is 9.32 Å². The minimum atomic E-state index is -0.0594. The number of nitrogens with one attached hydrogen (secondary N) is 1. The van der Waals surface area contributed by atoms with Crippen LogP contribution >= 0.6 is 27.7 Å². The van der Waals surface area contributed by atoms with Crippen molar-refractivity contribution in [1.29, 1.82) is 0 Å². The van der Waals surface area contributed by atoms with Crippen LogP contribution in [0.15, 0.2) is 44.2 Å². The van der Waals surface area contributed by atoms with Gasteiger partial charge in [-0.3, -0.25) is 4.79 Å². The topological polar surface area (TPSA) is 55.1 Å². The first-order chi connectivity index (χ1) is 9.13. The predicted molar refractivity (Wildman–Crippen MR) is 79.4 cm³/mol. The van der Waals surface area contributed by atoms with Crippen molar-refractivity contribution >= 4 is 39.4 Å². The first kappa shape index (κ1) is 14.1. The van der Waals surface area contributed by atoms with Crippen LogP contribution in [-0.4, -0.2) is 16.8 Å². The van der Waals surface area contributed by atoms with Gasteiger partial charge in [0.05, 0.1) is 0 Å². The molecule has 1 N–H and O–H groups in total. The summed E-state index contributed by atoms with van der Waals surface area (Å²) in [6.45, 7) is 1.78. The summed E-state index contributed by atoms with van der Waals surface area (Å²) in [5, 5.41) is 6.41. The number of carbonyl (C=O) groups excluding carboxylic acids is 1. The Bertz CT molecular complexity index is 571. The first-order valence-electron chi connectivity index (χ1n) is 5.75. The zero-order valence-corrected chi connectivity index (χ0v) is 12.8. The van der Waals surface area contributed by atoms with Crippen LogP contribution in [0.3, 0.4) is 0 Å². The van der Waals surface area contributed by atoms with E-state index < -0.39 is 0 Å². The molecule has 0 spiro atoms. The van der Waals surface area contributed by atoms with Crippen LogP contribution < -0.4 is 5.32 Å². The molecule has 0 atom stereocenters. The molecule has 1 amide bonds. The quantitative estimate of drug-likeness (QED) is 0.839. The van der Waals surface area contributed by atoms with Gasteiger partial charge in [-0.25, -0.2) is 0 Å². The molecule has 1 heterocycles. The highest BCUT2D eigenvalue weighted by molar-refractivity contribution is 9.10. The molecule has 0 bridgehead atoms. The summed E-state index contributed by atoms with van der Waals surface area (Å²) in [7, 11) is 0. The molecule has 6 heteroatoms. The Hall–Kier alpha value is -1.27. The Morgan fingerprint density at radius 2 is 2.32 bits per heavy atom. The van der Waals surface area contributed by atoms with E-state index in [4.69, 9.17) is 4.52 Å². The van der Waals surface area contributed by atoms with Gasteiger partial charge >= 0.3 is 0 Å². The second-order valence-electron chi connectivity index (χ2n) is 3.93. The number of anilines is 1. The van der Waals surface area contributed by atoms with Gasteiger partial charge < -0.3 is 9.84 Å². The van der Waals surface area contributed by atoms with Crippen LogP contribution in [-0.2, 0) is 4.79 Å². The number of amides is 1. The number of nitrogens with zero attached hydrogens (tertiary/aromatic N) is 1. The number of carbonyl (C=O) groups is 1.